The van der Waals surface area contributed by atoms with Crippen molar-refractivity contribution in [2.24, 2.45) is 0 Å². The van der Waals surface area contributed by atoms with Gasteiger partial charge in [0.2, 0.25) is 5.76 Å². The highest BCUT2D eigenvalue weighted by molar-refractivity contribution is 9.10. The molecular formula is C21H16BrN3O5. The second-order valence-corrected chi connectivity index (χ2v) is 7.34. The molecule has 1 fully saturated rings. The van der Waals surface area contributed by atoms with Crippen LogP contribution >= 0.6 is 15.9 Å². The van der Waals surface area contributed by atoms with Gasteiger partial charge in [-0.25, -0.2) is 9.59 Å². The maximum Gasteiger partial charge on any atom is 0.373 e. The highest BCUT2D eigenvalue weighted by Crippen LogP contribution is 2.22. The topological polar surface area (TPSA) is 93.8 Å². The molecule has 3 heterocycles. The highest BCUT2D eigenvalue weighted by Gasteiger charge is 2.34. The summed E-state index contributed by atoms with van der Waals surface area (Å²) in [5.74, 6) is -0.829. The van der Waals surface area contributed by atoms with E-state index in [1.807, 2.05) is 47.2 Å². The van der Waals surface area contributed by atoms with E-state index in [0.29, 0.717) is 0 Å². The van der Waals surface area contributed by atoms with E-state index in [-0.39, 0.29) is 23.8 Å². The van der Waals surface area contributed by atoms with Gasteiger partial charge in [-0.2, -0.15) is 0 Å². The van der Waals surface area contributed by atoms with E-state index in [0.717, 1.165) is 20.8 Å². The molecule has 1 aliphatic rings. The summed E-state index contributed by atoms with van der Waals surface area (Å²) in [4.78, 5) is 37.6. The quantitative estimate of drug-likeness (QED) is 0.349. The summed E-state index contributed by atoms with van der Waals surface area (Å²) in [6, 6.07) is 13.8. The molecule has 152 valence electrons. The first kappa shape index (κ1) is 19.7. The van der Waals surface area contributed by atoms with E-state index in [1.165, 1.54) is 19.2 Å². The second-order valence-electron chi connectivity index (χ2n) is 6.42. The number of urea groups is 1. The van der Waals surface area contributed by atoms with Crippen LogP contribution < -0.4 is 5.32 Å². The standard InChI is InChI=1S/C21H16BrN3O5/c1-29-20(27)18-8-7-16(30-18)12-25-19(26)17(23-21(25)28)11-15-6-3-9-24(15)14-5-2-4-13(22)10-14/h2-11H,12H2,1H3,(H,23,28)/b17-11-. The minimum atomic E-state index is -0.632. The number of benzene rings is 1. The molecule has 9 heteroatoms. The van der Waals surface area contributed by atoms with Gasteiger partial charge in [0, 0.05) is 22.1 Å². The number of carbonyl (C=O) groups is 3. The summed E-state index contributed by atoms with van der Waals surface area (Å²) in [6.07, 6.45) is 3.48. The average molecular weight is 470 g/mol. The Morgan fingerprint density at radius 2 is 2.03 bits per heavy atom. The van der Waals surface area contributed by atoms with Crippen molar-refractivity contribution in [2.45, 2.75) is 6.54 Å². The van der Waals surface area contributed by atoms with Crippen LogP contribution in [0.1, 0.15) is 22.0 Å². The van der Waals surface area contributed by atoms with Crippen LogP contribution in [0, 0.1) is 0 Å². The molecular weight excluding hydrogens is 454 g/mol. The van der Waals surface area contributed by atoms with Gasteiger partial charge < -0.3 is 19.0 Å². The molecule has 0 radical (unpaired) electrons. The Balaban J connectivity index is 1.56. The number of esters is 1. The van der Waals surface area contributed by atoms with Crippen LogP contribution in [0.4, 0.5) is 4.79 Å². The molecule has 0 saturated carbocycles. The van der Waals surface area contributed by atoms with E-state index >= 15 is 0 Å². The van der Waals surface area contributed by atoms with Gasteiger partial charge in [0.15, 0.2) is 0 Å². The minimum absolute atomic E-state index is 0.00201. The molecule has 0 atom stereocenters. The third-order valence-corrected chi connectivity index (χ3v) is 4.98. The number of nitrogens with one attached hydrogen (secondary N) is 1. The fraction of sp³-hybridized carbons (Fsp3) is 0.0952. The molecule has 0 bridgehead atoms. The van der Waals surface area contributed by atoms with Crippen molar-refractivity contribution in [1.82, 2.24) is 14.8 Å². The van der Waals surface area contributed by atoms with Crippen LogP contribution in [0.5, 0.6) is 0 Å². The third-order valence-electron chi connectivity index (χ3n) is 4.48. The average Bonchev–Trinajstić information content (AvgIpc) is 3.45. The van der Waals surface area contributed by atoms with Crippen molar-refractivity contribution in [1.29, 1.82) is 0 Å². The number of hydrogen-bond donors (Lipinski definition) is 1. The summed E-state index contributed by atoms with van der Waals surface area (Å²) in [5, 5.41) is 2.59. The van der Waals surface area contributed by atoms with Gasteiger partial charge in [-0.05, 0) is 48.5 Å². The molecule has 1 aromatic carbocycles. The van der Waals surface area contributed by atoms with Crippen molar-refractivity contribution in [3.05, 3.63) is 82.1 Å². The molecule has 1 saturated heterocycles. The number of furan rings is 1. The number of rotatable bonds is 5. The predicted molar refractivity (Wildman–Crippen MR) is 111 cm³/mol. The molecule has 30 heavy (non-hydrogen) atoms. The molecule has 0 aliphatic carbocycles. The van der Waals surface area contributed by atoms with Crippen molar-refractivity contribution in [3.8, 4) is 5.69 Å². The number of imide groups is 1. The van der Waals surface area contributed by atoms with Gasteiger partial charge in [0.25, 0.3) is 5.91 Å². The van der Waals surface area contributed by atoms with E-state index < -0.39 is 17.9 Å². The molecule has 3 amide bonds. The van der Waals surface area contributed by atoms with Crippen molar-refractivity contribution >= 4 is 39.9 Å². The summed E-state index contributed by atoms with van der Waals surface area (Å²) in [7, 11) is 1.24. The van der Waals surface area contributed by atoms with Crippen LogP contribution in [0.15, 0.2) is 69.3 Å². The van der Waals surface area contributed by atoms with Gasteiger partial charge >= 0.3 is 12.0 Å². The fourth-order valence-corrected chi connectivity index (χ4v) is 3.45. The Kier molecular flexibility index (Phi) is 5.28. The number of carbonyl (C=O) groups excluding carboxylic acids is 3. The SMILES string of the molecule is COC(=O)c1ccc(CN2C(=O)N/C(=C\c3cccn3-c3cccc(Br)c3)C2=O)o1. The zero-order valence-electron chi connectivity index (χ0n) is 15.8. The van der Waals surface area contributed by atoms with E-state index in [9.17, 15) is 14.4 Å². The van der Waals surface area contributed by atoms with Crippen LogP contribution in [0.2, 0.25) is 0 Å². The highest BCUT2D eigenvalue weighted by atomic mass is 79.9. The van der Waals surface area contributed by atoms with Crippen LogP contribution in [-0.2, 0) is 16.1 Å². The van der Waals surface area contributed by atoms with Crippen molar-refractivity contribution < 1.29 is 23.5 Å². The Bertz CT molecular complexity index is 1180. The molecule has 3 aromatic rings. The lowest BCUT2D eigenvalue weighted by Gasteiger charge is -2.09. The van der Waals surface area contributed by atoms with Crippen molar-refractivity contribution in [3.63, 3.8) is 0 Å². The lowest BCUT2D eigenvalue weighted by molar-refractivity contribution is -0.123. The summed E-state index contributed by atoms with van der Waals surface area (Å²) in [6.45, 7) is -0.106. The molecule has 1 N–H and O–H groups in total. The van der Waals surface area contributed by atoms with Gasteiger partial charge in [-0.1, -0.05) is 22.0 Å². The second kappa shape index (κ2) is 8.03. The van der Waals surface area contributed by atoms with Gasteiger partial charge in [-0.15, -0.1) is 0 Å². The van der Waals surface area contributed by atoms with Crippen LogP contribution in [0.3, 0.4) is 0 Å². The summed E-state index contributed by atoms with van der Waals surface area (Å²) >= 11 is 3.45. The smallest absolute Gasteiger partial charge is 0.373 e. The zero-order valence-corrected chi connectivity index (χ0v) is 17.4. The molecule has 8 nitrogen and oxygen atoms in total. The summed E-state index contributed by atoms with van der Waals surface area (Å²) < 4.78 is 12.8. The molecule has 2 aromatic heterocycles. The van der Waals surface area contributed by atoms with Gasteiger partial charge in [0.05, 0.1) is 13.7 Å². The largest absolute Gasteiger partial charge is 0.463 e. The molecule has 0 spiro atoms. The van der Waals surface area contributed by atoms with E-state index in [4.69, 9.17) is 4.42 Å². The van der Waals surface area contributed by atoms with Crippen LogP contribution in [0.25, 0.3) is 11.8 Å². The first-order chi connectivity index (χ1) is 14.5. The Morgan fingerprint density at radius 1 is 1.20 bits per heavy atom. The lowest BCUT2D eigenvalue weighted by atomic mass is 10.2. The zero-order chi connectivity index (χ0) is 21.3. The Labute approximate surface area is 179 Å². The lowest BCUT2D eigenvalue weighted by Crippen LogP contribution is -2.30. The first-order valence-electron chi connectivity index (χ1n) is 8.91. The minimum Gasteiger partial charge on any atom is -0.463 e. The summed E-state index contributed by atoms with van der Waals surface area (Å²) in [5.41, 5.74) is 1.78. The number of methoxy groups -OCH3 is 1. The number of nitrogens with zero attached hydrogens (tertiary/aromatic N) is 2. The third kappa shape index (κ3) is 3.79. The van der Waals surface area contributed by atoms with Crippen molar-refractivity contribution in [2.75, 3.05) is 7.11 Å². The first-order valence-corrected chi connectivity index (χ1v) is 9.70. The number of aromatic nitrogens is 1. The Hall–Kier alpha value is -3.59. The monoisotopic (exact) mass is 469 g/mol. The number of ether oxygens (including phenoxy) is 1. The molecule has 0 unspecified atom stereocenters. The number of amides is 3. The molecule has 1 aliphatic heterocycles. The Morgan fingerprint density at radius 3 is 2.80 bits per heavy atom. The van der Waals surface area contributed by atoms with Crippen LogP contribution in [-0.4, -0.2) is 34.5 Å². The van der Waals surface area contributed by atoms with Gasteiger partial charge in [0.1, 0.15) is 11.5 Å². The van der Waals surface area contributed by atoms with E-state index in [2.05, 4.69) is 26.0 Å². The van der Waals surface area contributed by atoms with E-state index in [1.54, 1.807) is 6.08 Å². The predicted octanol–water partition coefficient (Wildman–Crippen LogP) is 3.71. The maximum absolute atomic E-state index is 12.8. The fourth-order valence-electron chi connectivity index (χ4n) is 3.06. The molecule has 4 rings (SSSR count). The maximum atomic E-state index is 12.8. The van der Waals surface area contributed by atoms with Gasteiger partial charge in [-0.3, -0.25) is 9.69 Å². The number of hydrogen-bond acceptors (Lipinski definition) is 5. The number of halogens is 1. The normalized spacial score (nSPS) is 15.0.